The van der Waals surface area contributed by atoms with Gasteiger partial charge in [0.1, 0.15) is 17.3 Å². The molecule has 6 nitrogen and oxygen atoms in total. The minimum absolute atomic E-state index is 0.0294. The SMILES string of the molecule is O=C(Nc1ccnn1Cc1ccccc1)c1cc(-c2cccc(F)c2)no1. The molecular weight excluding hydrogens is 347 g/mol. The number of hydrogen-bond donors (Lipinski definition) is 1. The molecule has 1 amide bonds. The number of carbonyl (C=O) groups excluding carboxylic acids is 1. The number of anilines is 1. The van der Waals surface area contributed by atoms with E-state index in [1.54, 1.807) is 29.1 Å². The first kappa shape index (κ1) is 16.7. The first-order chi connectivity index (χ1) is 13.2. The fourth-order valence-corrected chi connectivity index (χ4v) is 2.67. The van der Waals surface area contributed by atoms with Crippen LogP contribution >= 0.6 is 0 Å². The van der Waals surface area contributed by atoms with Crippen LogP contribution in [-0.2, 0) is 6.54 Å². The zero-order chi connectivity index (χ0) is 18.6. The van der Waals surface area contributed by atoms with E-state index in [9.17, 15) is 9.18 Å². The molecule has 4 aromatic rings. The molecule has 2 aromatic heterocycles. The number of aromatic nitrogens is 3. The predicted octanol–water partition coefficient (Wildman–Crippen LogP) is 3.98. The molecule has 0 radical (unpaired) electrons. The van der Waals surface area contributed by atoms with Crippen molar-refractivity contribution in [3.8, 4) is 11.3 Å². The molecule has 2 heterocycles. The van der Waals surface area contributed by atoms with E-state index < -0.39 is 5.91 Å². The van der Waals surface area contributed by atoms with Gasteiger partial charge in [0.2, 0.25) is 5.76 Å². The second-order valence-electron chi connectivity index (χ2n) is 5.90. The quantitative estimate of drug-likeness (QED) is 0.583. The van der Waals surface area contributed by atoms with Gasteiger partial charge in [0.25, 0.3) is 5.91 Å². The van der Waals surface area contributed by atoms with Gasteiger partial charge >= 0.3 is 0 Å². The monoisotopic (exact) mass is 362 g/mol. The molecule has 0 aliphatic rings. The maximum atomic E-state index is 13.3. The highest BCUT2D eigenvalue weighted by Crippen LogP contribution is 2.20. The van der Waals surface area contributed by atoms with Crippen LogP contribution in [0.2, 0.25) is 0 Å². The van der Waals surface area contributed by atoms with E-state index in [2.05, 4.69) is 15.6 Å². The molecule has 0 fully saturated rings. The van der Waals surface area contributed by atoms with Gasteiger partial charge in [0.05, 0.1) is 12.7 Å². The lowest BCUT2D eigenvalue weighted by atomic mass is 10.1. The lowest BCUT2D eigenvalue weighted by Gasteiger charge is -2.07. The molecule has 1 N–H and O–H groups in total. The second kappa shape index (κ2) is 7.25. The average Bonchev–Trinajstić information content (AvgIpc) is 3.33. The molecule has 0 unspecified atom stereocenters. The Morgan fingerprint density at radius 1 is 1.07 bits per heavy atom. The molecule has 0 atom stereocenters. The largest absolute Gasteiger partial charge is 0.350 e. The van der Waals surface area contributed by atoms with Crippen LogP contribution in [-0.4, -0.2) is 20.8 Å². The topological polar surface area (TPSA) is 73.0 Å². The van der Waals surface area contributed by atoms with Gasteiger partial charge in [-0.3, -0.25) is 4.79 Å². The zero-order valence-electron chi connectivity index (χ0n) is 14.2. The summed E-state index contributed by atoms with van der Waals surface area (Å²) in [6.45, 7) is 0.522. The molecule has 4 rings (SSSR count). The highest BCUT2D eigenvalue weighted by atomic mass is 19.1. The van der Waals surface area contributed by atoms with Gasteiger partial charge in [-0.25, -0.2) is 9.07 Å². The van der Waals surface area contributed by atoms with E-state index >= 15 is 0 Å². The Kier molecular flexibility index (Phi) is 4.49. The summed E-state index contributed by atoms with van der Waals surface area (Å²) >= 11 is 0. The highest BCUT2D eigenvalue weighted by molar-refractivity contribution is 6.02. The van der Waals surface area contributed by atoms with E-state index in [-0.39, 0.29) is 11.6 Å². The summed E-state index contributed by atoms with van der Waals surface area (Å²) in [5, 5.41) is 10.8. The number of carbonyl (C=O) groups is 1. The van der Waals surface area contributed by atoms with Crippen molar-refractivity contribution in [3.63, 3.8) is 0 Å². The van der Waals surface area contributed by atoms with Crippen molar-refractivity contribution in [2.24, 2.45) is 0 Å². The number of benzene rings is 2. The number of nitrogens with zero attached hydrogens (tertiary/aromatic N) is 3. The van der Waals surface area contributed by atoms with Gasteiger partial charge in [-0.2, -0.15) is 5.10 Å². The summed E-state index contributed by atoms with van der Waals surface area (Å²) in [5.41, 5.74) is 1.98. The van der Waals surface area contributed by atoms with Gasteiger partial charge in [0.15, 0.2) is 0 Å². The third kappa shape index (κ3) is 3.77. The number of halogens is 1. The van der Waals surface area contributed by atoms with Crippen molar-refractivity contribution >= 4 is 11.7 Å². The van der Waals surface area contributed by atoms with E-state index in [0.717, 1.165) is 5.56 Å². The van der Waals surface area contributed by atoms with Crippen molar-refractivity contribution in [1.29, 1.82) is 0 Å². The van der Waals surface area contributed by atoms with Crippen molar-refractivity contribution < 1.29 is 13.7 Å². The second-order valence-corrected chi connectivity index (χ2v) is 5.90. The molecule has 0 bridgehead atoms. The fraction of sp³-hybridized carbons (Fsp3) is 0.0500. The van der Waals surface area contributed by atoms with Gasteiger partial charge in [-0.15, -0.1) is 0 Å². The molecule has 7 heteroatoms. The van der Waals surface area contributed by atoms with Crippen LogP contribution in [0.1, 0.15) is 16.1 Å². The molecular formula is C20H15FN4O2. The smallest absolute Gasteiger partial charge is 0.295 e. The van der Waals surface area contributed by atoms with Crippen molar-refractivity contribution in [2.75, 3.05) is 5.32 Å². The van der Waals surface area contributed by atoms with Crippen molar-refractivity contribution in [3.05, 3.63) is 90.1 Å². The molecule has 0 saturated carbocycles. The van der Waals surface area contributed by atoms with E-state index in [1.165, 1.54) is 18.2 Å². The fourth-order valence-electron chi connectivity index (χ4n) is 2.67. The van der Waals surface area contributed by atoms with Gasteiger partial charge in [0, 0.05) is 17.7 Å². The average molecular weight is 362 g/mol. The summed E-state index contributed by atoms with van der Waals surface area (Å²) in [4.78, 5) is 12.5. The summed E-state index contributed by atoms with van der Waals surface area (Å²) in [7, 11) is 0. The van der Waals surface area contributed by atoms with Crippen molar-refractivity contribution in [2.45, 2.75) is 6.54 Å². The Morgan fingerprint density at radius 2 is 1.93 bits per heavy atom. The molecule has 0 aliphatic carbocycles. The van der Waals surface area contributed by atoms with Gasteiger partial charge in [-0.05, 0) is 17.7 Å². The Balaban J connectivity index is 1.50. The number of amides is 1. The van der Waals surface area contributed by atoms with Crippen molar-refractivity contribution in [1.82, 2.24) is 14.9 Å². The Bertz CT molecular complexity index is 1070. The Hall–Kier alpha value is -3.74. The summed E-state index contributed by atoms with van der Waals surface area (Å²) in [5.74, 6) is -0.277. The lowest BCUT2D eigenvalue weighted by molar-refractivity contribution is 0.0987. The minimum Gasteiger partial charge on any atom is -0.350 e. The Labute approximate surface area is 154 Å². The van der Waals surface area contributed by atoms with E-state index in [0.29, 0.717) is 23.6 Å². The first-order valence-corrected chi connectivity index (χ1v) is 8.29. The zero-order valence-corrected chi connectivity index (χ0v) is 14.2. The third-order valence-electron chi connectivity index (χ3n) is 3.99. The predicted molar refractivity (Wildman–Crippen MR) is 97.6 cm³/mol. The van der Waals surface area contributed by atoms with Crippen LogP contribution in [0, 0.1) is 5.82 Å². The first-order valence-electron chi connectivity index (χ1n) is 8.29. The van der Waals surface area contributed by atoms with E-state index in [1.807, 2.05) is 30.3 Å². The molecule has 0 spiro atoms. The molecule has 0 aliphatic heterocycles. The van der Waals surface area contributed by atoms with Crippen LogP contribution in [0.15, 0.2) is 77.4 Å². The lowest BCUT2D eigenvalue weighted by Crippen LogP contribution is -2.15. The highest BCUT2D eigenvalue weighted by Gasteiger charge is 2.16. The van der Waals surface area contributed by atoms with Gasteiger partial charge in [-0.1, -0.05) is 47.6 Å². The van der Waals surface area contributed by atoms with E-state index in [4.69, 9.17) is 4.52 Å². The number of hydrogen-bond acceptors (Lipinski definition) is 4. The summed E-state index contributed by atoms with van der Waals surface area (Å²) < 4.78 is 20.1. The number of rotatable bonds is 5. The van der Waals surface area contributed by atoms with Crippen LogP contribution in [0.4, 0.5) is 10.2 Å². The molecule has 0 saturated heterocycles. The summed E-state index contributed by atoms with van der Waals surface area (Å²) in [6.07, 6.45) is 1.61. The minimum atomic E-state index is -0.458. The normalized spacial score (nSPS) is 10.7. The van der Waals surface area contributed by atoms with Gasteiger partial charge < -0.3 is 9.84 Å². The van der Waals surface area contributed by atoms with Crippen LogP contribution in [0.25, 0.3) is 11.3 Å². The van der Waals surface area contributed by atoms with Crippen LogP contribution in [0.5, 0.6) is 0 Å². The Morgan fingerprint density at radius 3 is 2.74 bits per heavy atom. The third-order valence-corrected chi connectivity index (χ3v) is 3.99. The number of nitrogens with one attached hydrogen (secondary N) is 1. The summed E-state index contributed by atoms with van der Waals surface area (Å²) in [6, 6.07) is 18.9. The maximum Gasteiger partial charge on any atom is 0.295 e. The van der Waals surface area contributed by atoms with Crippen LogP contribution in [0.3, 0.4) is 0 Å². The molecule has 27 heavy (non-hydrogen) atoms. The molecule has 2 aromatic carbocycles. The maximum absolute atomic E-state index is 13.3. The standard InChI is InChI=1S/C20H15FN4O2/c21-16-8-4-7-15(11-16)17-12-18(27-24-17)20(26)23-19-9-10-22-25(19)13-14-5-2-1-3-6-14/h1-12H,13H2,(H,23,26). The van der Waals surface area contributed by atoms with Crippen LogP contribution < -0.4 is 5.32 Å². The molecule has 134 valence electrons.